The normalized spacial score (nSPS) is 11.7. The zero-order valence-corrected chi connectivity index (χ0v) is 13.4. The Kier molecular flexibility index (Phi) is 5.90. The van der Waals surface area contributed by atoms with Gasteiger partial charge in [0.15, 0.2) is 0 Å². The van der Waals surface area contributed by atoms with E-state index in [4.69, 9.17) is 5.26 Å². The average Bonchev–Trinajstić information content (AvgIpc) is 2.55. The van der Waals surface area contributed by atoms with Crippen LogP contribution in [-0.4, -0.2) is 18.0 Å². The first-order valence-electron chi connectivity index (χ1n) is 7.69. The summed E-state index contributed by atoms with van der Waals surface area (Å²) in [5.41, 5.74) is 2.27. The van der Waals surface area contributed by atoms with Crippen LogP contribution < -0.4 is 10.6 Å². The molecular weight excluding hydrogens is 286 g/mol. The van der Waals surface area contributed by atoms with Gasteiger partial charge in [-0.1, -0.05) is 50.2 Å². The zero-order valence-electron chi connectivity index (χ0n) is 13.4. The third-order valence-electron chi connectivity index (χ3n) is 3.39. The van der Waals surface area contributed by atoms with E-state index in [1.165, 1.54) is 0 Å². The van der Waals surface area contributed by atoms with Gasteiger partial charge in [-0.2, -0.15) is 5.26 Å². The van der Waals surface area contributed by atoms with Crippen molar-refractivity contribution < 1.29 is 4.79 Å². The summed E-state index contributed by atoms with van der Waals surface area (Å²) >= 11 is 0. The standard InChI is InChI=1S/C19H21N3O/c1-14(2)21-18(12-15-7-4-3-5-8-15)19(23)22-17-10-6-9-16(11-17)13-20/h3-11,14,18,21H,12H2,1-2H3,(H,22,23). The number of nitrogens with zero attached hydrogens (tertiary/aromatic N) is 1. The van der Waals surface area contributed by atoms with Crippen LogP contribution in [-0.2, 0) is 11.2 Å². The van der Waals surface area contributed by atoms with Crippen LogP contribution in [0.1, 0.15) is 25.0 Å². The van der Waals surface area contributed by atoms with E-state index in [1.807, 2.05) is 44.2 Å². The van der Waals surface area contributed by atoms with Gasteiger partial charge in [-0.25, -0.2) is 0 Å². The summed E-state index contributed by atoms with van der Waals surface area (Å²) in [6.07, 6.45) is 0.614. The number of amides is 1. The summed E-state index contributed by atoms with van der Waals surface area (Å²) in [6.45, 7) is 4.03. The van der Waals surface area contributed by atoms with Crippen molar-refractivity contribution in [3.8, 4) is 6.07 Å². The number of hydrogen-bond donors (Lipinski definition) is 2. The maximum Gasteiger partial charge on any atom is 0.241 e. The fraction of sp³-hybridized carbons (Fsp3) is 0.263. The largest absolute Gasteiger partial charge is 0.325 e. The van der Waals surface area contributed by atoms with Crippen molar-refractivity contribution in [2.75, 3.05) is 5.32 Å². The second-order valence-electron chi connectivity index (χ2n) is 5.75. The van der Waals surface area contributed by atoms with Gasteiger partial charge in [-0.15, -0.1) is 0 Å². The van der Waals surface area contributed by atoms with Crippen molar-refractivity contribution >= 4 is 11.6 Å². The van der Waals surface area contributed by atoms with Crippen LogP contribution in [0.4, 0.5) is 5.69 Å². The lowest BCUT2D eigenvalue weighted by molar-refractivity contribution is -0.118. The molecule has 0 bridgehead atoms. The minimum absolute atomic E-state index is 0.0994. The highest BCUT2D eigenvalue weighted by molar-refractivity contribution is 5.95. The van der Waals surface area contributed by atoms with Gasteiger partial charge in [0.2, 0.25) is 5.91 Å². The van der Waals surface area contributed by atoms with E-state index in [1.54, 1.807) is 24.3 Å². The Hall–Kier alpha value is -2.64. The van der Waals surface area contributed by atoms with E-state index in [0.717, 1.165) is 5.56 Å². The fourth-order valence-electron chi connectivity index (χ4n) is 2.38. The Morgan fingerprint density at radius 3 is 2.52 bits per heavy atom. The molecule has 0 aromatic heterocycles. The van der Waals surface area contributed by atoms with E-state index in [0.29, 0.717) is 17.7 Å². The molecule has 2 aromatic carbocycles. The summed E-state index contributed by atoms with van der Waals surface area (Å²) < 4.78 is 0. The summed E-state index contributed by atoms with van der Waals surface area (Å²) in [6, 6.07) is 18.8. The smallest absolute Gasteiger partial charge is 0.241 e. The number of anilines is 1. The Balaban J connectivity index is 2.11. The molecule has 0 aliphatic carbocycles. The summed E-state index contributed by atoms with van der Waals surface area (Å²) in [5, 5.41) is 15.1. The topological polar surface area (TPSA) is 64.9 Å². The number of nitrogens with one attached hydrogen (secondary N) is 2. The number of nitriles is 1. The lowest BCUT2D eigenvalue weighted by Crippen LogP contribution is -2.45. The molecule has 0 spiro atoms. The molecule has 118 valence electrons. The lowest BCUT2D eigenvalue weighted by Gasteiger charge is -2.21. The van der Waals surface area contributed by atoms with Crippen molar-refractivity contribution in [1.29, 1.82) is 5.26 Å². The molecule has 0 aliphatic heterocycles. The summed E-state index contributed by atoms with van der Waals surface area (Å²) in [4.78, 5) is 12.6. The van der Waals surface area contributed by atoms with Crippen LogP contribution in [0.3, 0.4) is 0 Å². The van der Waals surface area contributed by atoms with Crippen LogP contribution in [0.25, 0.3) is 0 Å². The summed E-state index contributed by atoms with van der Waals surface area (Å²) in [5.74, 6) is -0.0994. The first-order valence-corrected chi connectivity index (χ1v) is 7.69. The fourth-order valence-corrected chi connectivity index (χ4v) is 2.38. The second-order valence-corrected chi connectivity index (χ2v) is 5.75. The maximum absolute atomic E-state index is 12.6. The highest BCUT2D eigenvalue weighted by Crippen LogP contribution is 2.12. The first kappa shape index (κ1) is 16.7. The highest BCUT2D eigenvalue weighted by Gasteiger charge is 2.19. The molecule has 2 rings (SSSR count). The Labute approximate surface area is 137 Å². The number of benzene rings is 2. The lowest BCUT2D eigenvalue weighted by atomic mass is 10.0. The van der Waals surface area contributed by atoms with Gasteiger partial charge in [-0.05, 0) is 30.2 Å². The van der Waals surface area contributed by atoms with Gasteiger partial charge >= 0.3 is 0 Å². The van der Waals surface area contributed by atoms with Crippen LogP contribution in [0.2, 0.25) is 0 Å². The molecule has 1 atom stereocenters. The average molecular weight is 307 g/mol. The number of rotatable bonds is 6. The van der Waals surface area contributed by atoms with E-state index >= 15 is 0 Å². The molecule has 0 aliphatic rings. The number of carbonyl (C=O) groups is 1. The molecule has 23 heavy (non-hydrogen) atoms. The van der Waals surface area contributed by atoms with Gasteiger partial charge in [-0.3, -0.25) is 4.79 Å². The molecule has 0 heterocycles. The number of hydrogen-bond acceptors (Lipinski definition) is 3. The molecule has 0 fully saturated rings. The van der Waals surface area contributed by atoms with Crippen LogP contribution in [0, 0.1) is 11.3 Å². The molecule has 0 saturated heterocycles. The quantitative estimate of drug-likeness (QED) is 0.862. The Morgan fingerprint density at radius 2 is 1.87 bits per heavy atom. The maximum atomic E-state index is 12.6. The molecule has 1 amide bonds. The van der Waals surface area contributed by atoms with E-state index in [9.17, 15) is 4.79 Å². The molecule has 2 N–H and O–H groups in total. The third-order valence-corrected chi connectivity index (χ3v) is 3.39. The predicted molar refractivity (Wildman–Crippen MR) is 92.0 cm³/mol. The van der Waals surface area contributed by atoms with E-state index in [2.05, 4.69) is 16.7 Å². The van der Waals surface area contributed by atoms with Crippen molar-refractivity contribution in [2.45, 2.75) is 32.4 Å². The monoisotopic (exact) mass is 307 g/mol. The minimum atomic E-state index is -0.330. The predicted octanol–water partition coefficient (Wildman–Crippen LogP) is 3.11. The van der Waals surface area contributed by atoms with Crippen molar-refractivity contribution in [3.05, 3.63) is 65.7 Å². The van der Waals surface area contributed by atoms with Gasteiger partial charge in [0.1, 0.15) is 0 Å². The van der Waals surface area contributed by atoms with Gasteiger partial charge in [0, 0.05) is 11.7 Å². The van der Waals surface area contributed by atoms with E-state index in [-0.39, 0.29) is 18.0 Å². The molecule has 1 unspecified atom stereocenters. The number of carbonyl (C=O) groups excluding carboxylic acids is 1. The van der Waals surface area contributed by atoms with Gasteiger partial charge in [0.05, 0.1) is 17.7 Å². The summed E-state index contributed by atoms with van der Waals surface area (Å²) in [7, 11) is 0. The Morgan fingerprint density at radius 1 is 1.13 bits per heavy atom. The zero-order chi connectivity index (χ0) is 16.7. The van der Waals surface area contributed by atoms with Gasteiger partial charge in [0.25, 0.3) is 0 Å². The molecule has 0 radical (unpaired) electrons. The van der Waals surface area contributed by atoms with Crippen LogP contribution >= 0.6 is 0 Å². The first-order chi connectivity index (χ1) is 11.1. The van der Waals surface area contributed by atoms with E-state index < -0.39 is 0 Å². The minimum Gasteiger partial charge on any atom is -0.325 e. The van der Waals surface area contributed by atoms with Crippen LogP contribution in [0.15, 0.2) is 54.6 Å². The molecular formula is C19H21N3O. The van der Waals surface area contributed by atoms with Crippen molar-refractivity contribution in [2.24, 2.45) is 0 Å². The second kappa shape index (κ2) is 8.11. The Bertz CT molecular complexity index is 689. The molecule has 0 saturated carbocycles. The molecule has 4 nitrogen and oxygen atoms in total. The molecule has 4 heteroatoms. The SMILES string of the molecule is CC(C)NC(Cc1ccccc1)C(=O)Nc1cccc(C#N)c1. The van der Waals surface area contributed by atoms with Crippen LogP contribution in [0.5, 0.6) is 0 Å². The molecule has 2 aromatic rings. The highest BCUT2D eigenvalue weighted by atomic mass is 16.2. The van der Waals surface area contributed by atoms with Gasteiger partial charge < -0.3 is 10.6 Å². The van der Waals surface area contributed by atoms with Crippen molar-refractivity contribution in [3.63, 3.8) is 0 Å². The van der Waals surface area contributed by atoms with Crippen molar-refractivity contribution in [1.82, 2.24) is 5.32 Å². The third kappa shape index (κ3) is 5.24.